The van der Waals surface area contributed by atoms with Crippen LogP contribution in [0.15, 0.2) is 80.9 Å². The number of anilines is 1. The number of ether oxygens (including phenoxy) is 2. The molecule has 0 saturated heterocycles. The van der Waals surface area contributed by atoms with Gasteiger partial charge in [-0.15, -0.1) is 0 Å². The van der Waals surface area contributed by atoms with Crippen LogP contribution in [0.2, 0.25) is 0 Å². The quantitative estimate of drug-likeness (QED) is 0.245. The fourth-order valence-corrected chi connectivity index (χ4v) is 4.85. The lowest BCUT2D eigenvalue weighted by atomic mass is 9.94. The van der Waals surface area contributed by atoms with E-state index >= 15 is 0 Å². The summed E-state index contributed by atoms with van der Waals surface area (Å²) in [7, 11) is 1.46. The molecule has 0 spiro atoms. The Morgan fingerprint density at radius 3 is 2.58 bits per heavy atom. The Morgan fingerprint density at radius 2 is 1.87 bits per heavy atom. The van der Waals surface area contributed by atoms with Crippen molar-refractivity contribution in [1.82, 2.24) is 0 Å². The molecule has 7 nitrogen and oxygen atoms in total. The first kappa shape index (κ1) is 25.5. The van der Waals surface area contributed by atoms with Gasteiger partial charge in [0, 0.05) is 15.9 Å². The molecule has 194 valence electrons. The molecule has 5 rings (SSSR count). The molecule has 38 heavy (non-hydrogen) atoms. The topological polar surface area (TPSA) is 89.2 Å². The number of carbonyl (C=O) groups is 2. The Kier molecular flexibility index (Phi) is 6.66. The number of hydrogen-bond acceptors (Lipinski definition) is 6. The fraction of sp³-hybridized carbons (Fsp3) is 0.143. The van der Waals surface area contributed by atoms with Gasteiger partial charge in [-0.05, 0) is 61.0 Å². The van der Waals surface area contributed by atoms with Crippen molar-refractivity contribution in [3.05, 3.63) is 99.4 Å². The van der Waals surface area contributed by atoms with Crippen LogP contribution in [-0.2, 0) is 4.79 Å². The first-order valence-electron chi connectivity index (χ1n) is 11.5. The van der Waals surface area contributed by atoms with Gasteiger partial charge in [-0.3, -0.25) is 14.5 Å². The molecule has 1 aromatic heterocycles. The zero-order valence-corrected chi connectivity index (χ0v) is 21.7. The Balaban J connectivity index is 1.69. The number of nitrogens with zero attached hydrogens (tertiary/aromatic N) is 1. The number of rotatable bonds is 7. The summed E-state index contributed by atoms with van der Waals surface area (Å²) in [6.07, 6.45) is 0. The molecular weight excluding hydrogens is 564 g/mol. The van der Waals surface area contributed by atoms with Crippen molar-refractivity contribution in [2.45, 2.75) is 13.0 Å². The number of hydrogen-bond donors (Lipinski definition) is 1. The number of carbonyl (C=O) groups excluding carboxylic acids is 2. The number of ketones is 1. The van der Waals surface area contributed by atoms with E-state index in [-0.39, 0.29) is 17.0 Å². The molecule has 2 heterocycles. The van der Waals surface area contributed by atoms with Crippen LogP contribution in [0.4, 0.5) is 14.5 Å². The van der Waals surface area contributed by atoms with Crippen LogP contribution >= 0.6 is 15.9 Å². The average Bonchev–Trinajstić information content (AvgIpc) is 3.42. The number of methoxy groups -OCH3 is 1. The molecule has 10 heteroatoms. The normalized spacial score (nSPS) is 15.4. The van der Waals surface area contributed by atoms with Crippen molar-refractivity contribution in [2.75, 3.05) is 18.6 Å². The highest BCUT2D eigenvalue weighted by Crippen LogP contribution is 2.45. The number of aliphatic hydroxyl groups is 1. The number of furan rings is 1. The zero-order valence-electron chi connectivity index (χ0n) is 20.1. The second-order valence-corrected chi connectivity index (χ2v) is 9.32. The van der Waals surface area contributed by atoms with Gasteiger partial charge in [-0.2, -0.15) is 0 Å². The largest absolute Gasteiger partial charge is 0.503 e. The molecule has 0 saturated carbocycles. The number of aliphatic hydroxyl groups excluding tert-OH is 1. The minimum Gasteiger partial charge on any atom is -0.503 e. The van der Waals surface area contributed by atoms with Crippen LogP contribution < -0.4 is 14.4 Å². The van der Waals surface area contributed by atoms with Crippen LogP contribution in [0.25, 0.3) is 11.0 Å². The minimum absolute atomic E-state index is 0.127. The smallest absolute Gasteiger partial charge is 0.294 e. The summed E-state index contributed by atoms with van der Waals surface area (Å²) in [4.78, 5) is 28.0. The predicted molar refractivity (Wildman–Crippen MR) is 139 cm³/mol. The minimum atomic E-state index is -1.29. The molecular formula is C28H20BrF2NO6. The Bertz CT molecular complexity index is 1630. The van der Waals surface area contributed by atoms with Gasteiger partial charge in [0.1, 0.15) is 17.2 Å². The van der Waals surface area contributed by atoms with Gasteiger partial charge in [-0.25, -0.2) is 8.78 Å². The van der Waals surface area contributed by atoms with Gasteiger partial charge in [0.25, 0.3) is 5.91 Å². The molecule has 1 amide bonds. The van der Waals surface area contributed by atoms with Crippen molar-refractivity contribution >= 4 is 44.3 Å². The van der Waals surface area contributed by atoms with Crippen LogP contribution in [0, 0.1) is 11.6 Å². The highest BCUT2D eigenvalue weighted by atomic mass is 79.9. The third-order valence-corrected chi connectivity index (χ3v) is 6.62. The summed E-state index contributed by atoms with van der Waals surface area (Å²) in [6, 6.07) is 12.7. The van der Waals surface area contributed by atoms with E-state index in [1.807, 2.05) is 0 Å². The van der Waals surface area contributed by atoms with E-state index in [1.165, 1.54) is 19.2 Å². The second-order valence-electron chi connectivity index (χ2n) is 8.40. The van der Waals surface area contributed by atoms with Gasteiger partial charge in [0.2, 0.25) is 5.78 Å². The average molecular weight is 584 g/mol. The molecule has 0 aliphatic carbocycles. The SMILES string of the molecule is CCOc1cc(C2C(C(=O)c3cc4cc(Br)ccc4o3)=C(O)C(=O)N2c2ccc(F)cc2F)ccc1OC. The van der Waals surface area contributed by atoms with Crippen molar-refractivity contribution in [3.8, 4) is 11.5 Å². The number of benzene rings is 3. The molecule has 4 aromatic rings. The number of fused-ring (bicyclic) bond motifs is 1. The van der Waals surface area contributed by atoms with E-state index in [2.05, 4.69) is 15.9 Å². The van der Waals surface area contributed by atoms with Gasteiger partial charge in [0.15, 0.2) is 23.0 Å². The number of halogens is 3. The lowest BCUT2D eigenvalue weighted by molar-refractivity contribution is -0.117. The van der Waals surface area contributed by atoms with Crippen molar-refractivity contribution < 1.29 is 37.4 Å². The van der Waals surface area contributed by atoms with E-state index in [1.54, 1.807) is 37.3 Å². The summed E-state index contributed by atoms with van der Waals surface area (Å²) in [6.45, 7) is 2.06. The monoisotopic (exact) mass is 583 g/mol. The molecule has 0 fully saturated rings. The molecule has 3 aromatic carbocycles. The number of amides is 1. The maximum atomic E-state index is 15.0. The lowest BCUT2D eigenvalue weighted by Crippen LogP contribution is -2.32. The van der Waals surface area contributed by atoms with Gasteiger partial charge in [0.05, 0.1) is 31.0 Å². The van der Waals surface area contributed by atoms with Gasteiger partial charge < -0.3 is 19.0 Å². The van der Waals surface area contributed by atoms with Crippen molar-refractivity contribution in [3.63, 3.8) is 0 Å². The van der Waals surface area contributed by atoms with E-state index in [9.17, 15) is 23.5 Å². The Hall–Kier alpha value is -4.18. The van der Waals surface area contributed by atoms with Gasteiger partial charge >= 0.3 is 0 Å². The zero-order chi connectivity index (χ0) is 27.1. The maximum Gasteiger partial charge on any atom is 0.294 e. The third kappa shape index (κ3) is 4.30. The molecule has 1 aliphatic heterocycles. The summed E-state index contributed by atoms with van der Waals surface area (Å²) in [5, 5.41) is 11.6. The molecule has 1 unspecified atom stereocenters. The highest BCUT2D eigenvalue weighted by molar-refractivity contribution is 9.10. The van der Waals surface area contributed by atoms with E-state index < -0.39 is 35.1 Å². The van der Waals surface area contributed by atoms with Crippen LogP contribution in [-0.4, -0.2) is 30.5 Å². The Labute approximate surface area is 224 Å². The molecule has 0 radical (unpaired) electrons. The number of Topliss-reactive ketones (excluding diaryl/α,β-unsaturated/α-hetero) is 1. The molecule has 0 bridgehead atoms. The summed E-state index contributed by atoms with van der Waals surface area (Å²) in [5.41, 5.74) is 0.0853. The second kappa shape index (κ2) is 9.94. The lowest BCUT2D eigenvalue weighted by Gasteiger charge is -2.27. The first-order valence-corrected chi connectivity index (χ1v) is 12.3. The summed E-state index contributed by atoms with van der Waals surface area (Å²) < 4.78 is 46.1. The van der Waals surface area contributed by atoms with Crippen LogP contribution in [0.5, 0.6) is 11.5 Å². The standard InChI is InChI=1S/C28H20BrF2NO6/c1-3-37-22-11-14(4-8-21(22)36-2)25-24(26(33)23-12-15-10-16(29)5-9-20(15)38-23)27(34)28(35)32(25)19-7-6-17(30)13-18(19)31/h4-13,25,34H,3H2,1-2H3. The van der Waals surface area contributed by atoms with E-state index in [0.717, 1.165) is 21.5 Å². The molecule has 1 N–H and O–H groups in total. The van der Waals surface area contributed by atoms with E-state index in [4.69, 9.17) is 13.9 Å². The third-order valence-electron chi connectivity index (χ3n) is 6.13. The molecule has 1 aliphatic rings. The van der Waals surface area contributed by atoms with Crippen molar-refractivity contribution in [2.24, 2.45) is 0 Å². The fourth-order valence-electron chi connectivity index (χ4n) is 4.47. The van der Waals surface area contributed by atoms with Crippen molar-refractivity contribution in [1.29, 1.82) is 0 Å². The predicted octanol–water partition coefficient (Wildman–Crippen LogP) is 6.66. The maximum absolute atomic E-state index is 15.0. The Morgan fingerprint density at radius 1 is 1.08 bits per heavy atom. The highest BCUT2D eigenvalue weighted by Gasteiger charge is 2.46. The first-order chi connectivity index (χ1) is 18.2. The van der Waals surface area contributed by atoms with E-state index in [0.29, 0.717) is 40.7 Å². The van der Waals surface area contributed by atoms with Crippen LogP contribution in [0.1, 0.15) is 29.1 Å². The summed E-state index contributed by atoms with van der Waals surface area (Å²) in [5.74, 6) is -3.99. The summed E-state index contributed by atoms with van der Waals surface area (Å²) >= 11 is 3.37. The van der Waals surface area contributed by atoms with Gasteiger partial charge in [-0.1, -0.05) is 22.0 Å². The van der Waals surface area contributed by atoms with Crippen LogP contribution in [0.3, 0.4) is 0 Å². The molecule has 1 atom stereocenters.